The maximum absolute atomic E-state index is 13.3. The minimum absolute atomic E-state index is 0.0278. The summed E-state index contributed by atoms with van der Waals surface area (Å²) in [6, 6.07) is 6.90. The van der Waals surface area contributed by atoms with E-state index in [9.17, 15) is 4.39 Å². The molecule has 1 aromatic carbocycles. The van der Waals surface area contributed by atoms with Gasteiger partial charge in [0.1, 0.15) is 5.82 Å². The molecule has 1 rings (SSSR count). The van der Waals surface area contributed by atoms with Crippen molar-refractivity contribution >= 4 is 0 Å². The van der Waals surface area contributed by atoms with Gasteiger partial charge in [0.05, 0.1) is 0 Å². The van der Waals surface area contributed by atoms with E-state index >= 15 is 0 Å². The van der Waals surface area contributed by atoms with Gasteiger partial charge in [-0.3, -0.25) is 0 Å². The molecule has 3 N–H and O–H groups in total. The Balaban J connectivity index is 2.39. The SMILES string of the molecule is CC(C)(CCN)NCCc1ccccc1F. The summed E-state index contributed by atoms with van der Waals surface area (Å²) in [5.74, 6) is -0.124. The average Bonchev–Trinajstić information content (AvgIpc) is 2.20. The minimum atomic E-state index is -0.124. The molecule has 0 aliphatic heterocycles. The number of hydrogen-bond acceptors (Lipinski definition) is 2. The summed E-state index contributed by atoms with van der Waals surface area (Å²) in [6.07, 6.45) is 1.63. The van der Waals surface area contributed by atoms with E-state index in [-0.39, 0.29) is 11.4 Å². The van der Waals surface area contributed by atoms with Crippen LogP contribution in [0.5, 0.6) is 0 Å². The summed E-state index contributed by atoms with van der Waals surface area (Å²) < 4.78 is 13.3. The quantitative estimate of drug-likeness (QED) is 0.776. The Labute approximate surface area is 97.0 Å². The zero-order valence-corrected chi connectivity index (χ0v) is 10.1. The van der Waals surface area contributed by atoms with Crippen molar-refractivity contribution in [3.8, 4) is 0 Å². The first-order chi connectivity index (χ1) is 7.55. The van der Waals surface area contributed by atoms with Gasteiger partial charge in [0.15, 0.2) is 0 Å². The molecule has 0 bridgehead atoms. The summed E-state index contributed by atoms with van der Waals surface area (Å²) in [4.78, 5) is 0. The standard InChI is InChI=1S/C13H21FN2/c1-13(2,8-9-15)16-10-7-11-5-3-4-6-12(11)14/h3-6,16H,7-10,15H2,1-2H3. The van der Waals surface area contributed by atoms with Crippen LogP contribution in [-0.2, 0) is 6.42 Å². The van der Waals surface area contributed by atoms with Crippen LogP contribution >= 0.6 is 0 Å². The number of nitrogens with one attached hydrogen (secondary N) is 1. The molecule has 16 heavy (non-hydrogen) atoms. The van der Waals surface area contributed by atoms with E-state index in [1.165, 1.54) is 6.07 Å². The molecular weight excluding hydrogens is 203 g/mol. The lowest BCUT2D eigenvalue weighted by atomic mass is 10.0. The second-order valence-electron chi connectivity index (χ2n) is 4.69. The van der Waals surface area contributed by atoms with E-state index < -0.39 is 0 Å². The van der Waals surface area contributed by atoms with Crippen LogP contribution in [0.15, 0.2) is 24.3 Å². The molecule has 0 saturated heterocycles. The van der Waals surface area contributed by atoms with Gasteiger partial charge in [-0.05, 0) is 51.4 Å². The molecule has 0 radical (unpaired) electrons. The van der Waals surface area contributed by atoms with Gasteiger partial charge in [-0.15, -0.1) is 0 Å². The molecule has 0 aliphatic rings. The predicted octanol–water partition coefficient (Wildman–Crippen LogP) is 2.09. The molecule has 0 aromatic heterocycles. The summed E-state index contributed by atoms with van der Waals surface area (Å²) in [6.45, 7) is 5.66. The third-order valence-electron chi connectivity index (χ3n) is 2.73. The first-order valence-corrected chi connectivity index (χ1v) is 5.74. The molecule has 3 heteroatoms. The highest BCUT2D eigenvalue weighted by Gasteiger charge is 2.15. The average molecular weight is 224 g/mol. The number of rotatable bonds is 6. The van der Waals surface area contributed by atoms with Crippen LogP contribution in [0.4, 0.5) is 4.39 Å². The number of benzene rings is 1. The van der Waals surface area contributed by atoms with Crippen molar-refractivity contribution in [1.29, 1.82) is 0 Å². The Morgan fingerprint density at radius 1 is 1.31 bits per heavy atom. The molecular formula is C13H21FN2. The molecule has 2 nitrogen and oxygen atoms in total. The fourth-order valence-corrected chi connectivity index (χ4v) is 1.69. The van der Waals surface area contributed by atoms with Crippen molar-refractivity contribution in [2.24, 2.45) is 5.73 Å². The summed E-state index contributed by atoms with van der Waals surface area (Å²) >= 11 is 0. The second kappa shape index (κ2) is 5.97. The Bertz CT molecular complexity index is 323. The van der Waals surface area contributed by atoms with Crippen molar-refractivity contribution < 1.29 is 4.39 Å². The Morgan fingerprint density at radius 3 is 2.62 bits per heavy atom. The van der Waals surface area contributed by atoms with E-state index in [2.05, 4.69) is 19.2 Å². The lowest BCUT2D eigenvalue weighted by molar-refractivity contribution is 0.369. The van der Waals surface area contributed by atoms with Crippen molar-refractivity contribution in [3.63, 3.8) is 0 Å². The molecule has 90 valence electrons. The van der Waals surface area contributed by atoms with E-state index in [0.717, 1.165) is 18.5 Å². The molecule has 0 atom stereocenters. The fraction of sp³-hybridized carbons (Fsp3) is 0.538. The largest absolute Gasteiger partial charge is 0.330 e. The lowest BCUT2D eigenvalue weighted by Gasteiger charge is -2.25. The van der Waals surface area contributed by atoms with E-state index in [4.69, 9.17) is 5.73 Å². The van der Waals surface area contributed by atoms with Gasteiger partial charge in [-0.1, -0.05) is 18.2 Å². The van der Waals surface area contributed by atoms with Crippen molar-refractivity contribution in [3.05, 3.63) is 35.6 Å². The van der Waals surface area contributed by atoms with Crippen LogP contribution in [0.2, 0.25) is 0 Å². The van der Waals surface area contributed by atoms with Gasteiger partial charge in [-0.25, -0.2) is 4.39 Å². The molecule has 0 unspecified atom stereocenters. The number of halogens is 1. The molecule has 0 heterocycles. The van der Waals surface area contributed by atoms with Crippen molar-refractivity contribution in [1.82, 2.24) is 5.32 Å². The van der Waals surface area contributed by atoms with Gasteiger partial charge in [0.25, 0.3) is 0 Å². The van der Waals surface area contributed by atoms with Crippen molar-refractivity contribution in [2.75, 3.05) is 13.1 Å². The van der Waals surface area contributed by atoms with E-state index in [0.29, 0.717) is 13.0 Å². The Hall–Kier alpha value is -0.930. The van der Waals surface area contributed by atoms with Gasteiger partial charge >= 0.3 is 0 Å². The highest BCUT2D eigenvalue weighted by molar-refractivity contribution is 5.17. The summed E-state index contributed by atoms with van der Waals surface area (Å²) in [7, 11) is 0. The first-order valence-electron chi connectivity index (χ1n) is 5.74. The zero-order valence-electron chi connectivity index (χ0n) is 10.1. The molecule has 1 aromatic rings. The van der Waals surface area contributed by atoms with Crippen molar-refractivity contribution in [2.45, 2.75) is 32.2 Å². The zero-order chi connectivity index (χ0) is 12.0. The molecule has 0 aliphatic carbocycles. The smallest absolute Gasteiger partial charge is 0.126 e. The van der Waals surface area contributed by atoms with Crippen LogP contribution in [0.3, 0.4) is 0 Å². The Morgan fingerprint density at radius 2 is 2.00 bits per heavy atom. The van der Waals surface area contributed by atoms with E-state index in [1.807, 2.05) is 12.1 Å². The predicted molar refractivity (Wildman–Crippen MR) is 65.9 cm³/mol. The lowest BCUT2D eigenvalue weighted by Crippen LogP contribution is -2.42. The number of hydrogen-bond donors (Lipinski definition) is 2. The van der Waals surface area contributed by atoms with Gasteiger partial charge in [0.2, 0.25) is 0 Å². The minimum Gasteiger partial charge on any atom is -0.330 e. The Kier molecular flexibility index (Phi) is 4.90. The molecule has 0 saturated carbocycles. The normalized spacial score (nSPS) is 11.8. The number of nitrogens with two attached hydrogens (primary N) is 1. The maximum atomic E-state index is 13.3. The summed E-state index contributed by atoms with van der Waals surface area (Å²) in [5.41, 5.74) is 6.31. The third kappa shape index (κ3) is 4.29. The highest BCUT2D eigenvalue weighted by atomic mass is 19.1. The van der Waals surface area contributed by atoms with Gasteiger partial charge < -0.3 is 11.1 Å². The molecule has 0 fully saturated rings. The van der Waals surface area contributed by atoms with Gasteiger partial charge in [-0.2, -0.15) is 0 Å². The van der Waals surface area contributed by atoms with Crippen LogP contribution in [0.25, 0.3) is 0 Å². The topological polar surface area (TPSA) is 38.0 Å². The van der Waals surface area contributed by atoms with Crippen LogP contribution in [-0.4, -0.2) is 18.6 Å². The molecule has 0 spiro atoms. The summed E-state index contributed by atoms with van der Waals surface area (Å²) in [5, 5.41) is 3.39. The van der Waals surface area contributed by atoms with Gasteiger partial charge in [0, 0.05) is 5.54 Å². The van der Waals surface area contributed by atoms with Crippen LogP contribution in [0.1, 0.15) is 25.8 Å². The van der Waals surface area contributed by atoms with E-state index in [1.54, 1.807) is 6.07 Å². The second-order valence-corrected chi connectivity index (χ2v) is 4.69. The first kappa shape index (κ1) is 13.1. The van der Waals surface area contributed by atoms with Crippen LogP contribution in [0, 0.1) is 5.82 Å². The molecule has 0 amide bonds. The monoisotopic (exact) mass is 224 g/mol. The van der Waals surface area contributed by atoms with Crippen LogP contribution < -0.4 is 11.1 Å². The third-order valence-corrected chi connectivity index (χ3v) is 2.73. The highest BCUT2D eigenvalue weighted by Crippen LogP contribution is 2.09. The fourth-order valence-electron chi connectivity index (χ4n) is 1.69. The maximum Gasteiger partial charge on any atom is 0.126 e.